The van der Waals surface area contributed by atoms with Gasteiger partial charge in [0.05, 0.1) is 5.57 Å². The molecule has 0 unspecified atom stereocenters. The fraction of sp³-hybridized carbons (Fsp3) is 0.292. The Morgan fingerprint density at radius 3 is 2.45 bits per heavy atom. The Hall–Kier alpha value is -2.53. The Balaban J connectivity index is 1.85. The molecule has 0 spiro atoms. The SMILES string of the molecule is CCCCCC(=O)OC1=C(c2ccc(C(=O)c3ccccc3)cc2Br)C(=O)CC1. The summed E-state index contributed by atoms with van der Waals surface area (Å²) in [6, 6.07) is 14.2. The van der Waals surface area contributed by atoms with E-state index in [1.165, 1.54) is 0 Å². The molecule has 4 nitrogen and oxygen atoms in total. The van der Waals surface area contributed by atoms with Crippen molar-refractivity contribution in [3.05, 3.63) is 75.5 Å². The molecule has 0 saturated carbocycles. The average Bonchev–Trinajstić information content (AvgIpc) is 3.08. The normalized spacial score (nSPS) is 13.7. The van der Waals surface area contributed by atoms with Crippen molar-refractivity contribution in [1.82, 2.24) is 0 Å². The molecule has 0 heterocycles. The highest BCUT2D eigenvalue weighted by Crippen LogP contribution is 2.36. The van der Waals surface area contributed by atoms with Crippen LogP contribution in [0.1, 0.15) is 66.9 Å². The van der Waals surface area contributed by atoms with Gasteiger partial charge < -0.3 is 4.74 Å². The Bertz CT molecular complexity index is 960. The number of hydrogen-bond acceptors (Lipinski definition) is 4. The van der Waals surface area contributed by atoms with Gasteiger partial charge >= 0.3 is 5.97 Å². The van der Waals surface area contributed by atoms with Gasteiger partial charge in [0, 0.05) is 40.4 Å². The van der Waals surface area contributed by atoms with Crippen molar-refractivity contribution in [1.29, 1.82) is 0 Å². The highest BCUT2D eigenvalue weighted by molar-refractivity contribution is 9.10. The smallest absolute Gasteiger partial charge is 0.310 e. The Morgan fingerprint density at radius 1 is 1.00 bits per heavy atom. The molecule has 0 radical (unpaired) electrons. The van der Waals surface area contributed by atoms with Crippen LogP contribution in [-0.4, -0.2) is 17.5 Å². The summed E-state index contributed by atoms with van der Waals surface area (Å²) in [5.74, 6) is -0.0108. The molecule has 0 fully saturated rings. The molecule has 3 rings (SSSR count). The maximum absolute atomic E-state index is 12.7. The third-order valence-corrected chi connectivity index (χ3v) is 5.55. The molecular weight excluding hydrogens is 432 g/mol. The highest BCUT2D eigenvalue weighted by Gasteiger charge is 2.29. The monoisotopic (exact) mass is 454 g/mol. The number of unbranched alkanes of at least 4 members (excludes halogenated alkanes) is 2. The molecule has 150 valence electrons. The lowest BCUT2D eigenvalue weighted by Gasteiger charge is -2.11. The third kappa shape index (κ3) is 5.10. The first kappa shape index (κ1) is 21.2. The van der Waals surface area contributed by atoms with E-state index in [0.717, 1.165) is 19.3 Å². The van der Waals surface area contributed by atoms with E-state index < -0.39 is 0 Å². The van der Waals surface area contributed by atoms with Gasteiger partial charge in [-0.1, -0.05) is 78.2 Å². The van der Waals surface area contributed by atoms with Crippen molar-refractivity contribution in [2.75, 3.05) is 0 Å². The van der Waals surface area contributed by atoms with Crippen LogP contribution in [0.3, 0.4) is 0 Å². The fourth-order valence-corrected chi connectivity index (χ4v) is 3.94. The van der Waals surface area contributed by atoms with E-state index >= 15 is 0 Å². The van der Waals surface area contributed by atoms with E-state index in [1.54, 1.807) is 30.3 Å². The molecule has 0 aliphatic heterocycles. The van der Waals surface area contributed by atoms with Crippen molar-refractivity contribution in [3.8, 4) is 0 Å². The van der Waals surface area contributed by atoms with Gasteiger partial charge in [-0.3, -0.25) is 14.4 Å². The molecule has 1 aliphatic rings. The molecule has 0 atom stereocenters. The number of allylic oxidation sites excluding steroid dienone is 2. The molecule has 0 aromatic heterocycles. The second-order valence-electron chi connectivity index (χ2n) is 7.04. The highest BCUT2D eigenvalue weighted by atomic mass is 79.9. The van der Waals surface area contributed by atoms with E-state index in [1.807, 2.05) is 18.2 Å². The summed E-state index contributed by atoms with van der Waals surface area (Å²) in [5, 5.41) is 0. The number of carbonyl (C=O) groups is 3. The van der Waals surface area contributed by atoms with Crippen LogP contribution in [0, 0.1) is 0 Å². The summed E-state index contributed by atoms with van der Waals surface area (Å²) in [5.41, 5.74) is 2.20. The van der Waals surface area contributed by atoms with Crippen molar-refractivity contribution < 1.29 is 19.1 Å². The quantitative estimate of drug-likeness (QED) is 0.284. The minimum absolute atomic E-state index is 0.0517. The van der Waals surface area contributed by atoms with Crippen molar-refractivity contribution in [2.45, 2.75) is 45.4 Å². The van der Waals surface area contributed by atoms with Crippen molar-refractivity contribution in [2.24, 2.45) is 0 Å². The van der Waals surface area contributed by atoms with E-state index in [-0.39, 0.29) is 17.5 Å². The molecule has 5 heteroatoms. The van der Waals surface area contributed by atoms with Crippen LogP contribution < -0.4 is 0 Å². The van der Waals surface area contributed by atoms with Crippen molar-refractivity contribution >= 4 is 39.0 Å². The molecule has 0 amide bonds. The summed E-state index contributed by atoms with van der Waals surface area (Å²) < 4.78 is 6.16. The molecule has 0 bridgehead atoms. The lowest BCUT2D eigenvalue weighted by Crippen LogP contribution is -2.06. The van der Waals surface area contributed by atoms with E-state index in [4.69, 9.17) is 4.74 Å². The summed E-state index contributed by atoms with van der Waals surface area (Å²) in [4.78, 5) is 37.3. The van der Waals surface area contributed by atoms with Gasteiger partial charge in [0.2, 0.25) is 0 Å². The minimum Gasteiger partial charge on any atom is -0.430 e. The first-order valence-electron chi connectivity index (χ1n) is 9.88. The molecule has 0 saturated heterocycles. The maximum atomic E-state index is 12.7. The number of ketones is 2. The van der Waals surface area contributed by atoms with Crippen LogP contribution >= 0.6 is 15.9 Å². The number of halogens is 1. The minimum atomic E-state index is -0.298. The first-order chi connectivity index (χ1) is 14.0. The zero-order valence-corrected chi connectivity index (χ0v) is 18.0. The van der Waals surface area contributed by atoms with Gasteiger partial charge in [0.1, 0.15) is 5.76 Å². The van der Waals surface area contributed by atoms with Gasteiger partial charge in [0.25, 0.3) is 0 Å². The molecular formula is C24H23BrO4. The summed E-state index contributed by atoms with van der Waals surface area (Å²) >= 11 is 3.49. The number of hydrogen-bond donors (Lipinski definition) is 0. The fourth-order valence-electron chi connectivity index (χ4n) is 3.36. The number of carbonyl (C=O) groups excluding carboxylic acids is 3. The molecule has 29 heavy (non-hydrogen) atoms. The van der Waals surface area contributed by atoms with Crippen LogP contribution in [0.5, 0.6) is 0 Å². The largest absolute Gasteiger partial charge is 0.430 e. The number of esters is 1. The lowest BCUT2D eigenvalue weighted by atomic mass is 9.98. The number of ether oxygens (including phenoxy) is 1. The van der Waals surface area contributed by atoms with E-state index in [2.05, 4.69) is 22.9 Å². The van der Waals surface area contributed by atoms with Crippen LogP contribution in [-0.2, 0) is 14.3 Å². The Labute approximate surface area is 179 Å². The van der Waals surface area contributed by atoms with Gasteiger partial charge in [-0.15, -0.1) is 0 Å². The molecule has 1 aliphatic carbocycles. The van der Waals surface area contributed by atoms with Gasteiger partial charge in [-0.25, -0.2) is 0 Å². The first-order valence-corrected chi connectivity index (χ1v) is 10.7. The lowest BCUT2D eigenvalue weighted by molar-refractivity contribution is -0.139. The van der Waals surface area contributed by atoms with Crippen LogP contribution in [0.2, 0.25) is 0 Å². The van der Waals surface area contributed by atoms with Gasteiger partial charge in [-0.05, 0) is 12.5 Å². The summed E-state index contributed by atoms with van der Waals surface area (Å²) in [6.07, 6.45) is 3.88. The topological polar surface area (TPSA) is 60.4 Å². The number of Topliss-reactive ketones (excluding diaryl/α,β-unsaturated/α-hetero) is 1. The van der Waals surface area contributed by atoms with Crippen LogP contribution in [0.15, 0.2) is 58.8 Å². The number of rotatable bonds is 8. The summed E-state index contributed by atoms with van der Waals surface area (Å²) in [7, 11) is 0. The Morgan fingerprint density at radius 2 is 1.76 bits per heavy atom. The number of benzene rings is 2. The second kappa shape index (κ2) is 9.79. The predicted molar refractivity (Wildman–Crippen MR) is 115 cm³/mol. The maximum Gasteiger partial charge on any atom is 0.310 e. The zero-order valence-electron chi connectivity index (χ0n) is 16.4. The second-order valence-corrected chi connectivity index (χ2v) is 7.90. The molecule has 0 N–H and O–H groups in total. The van der Waals surface area contributed by atoms with Gasteiger partial charge in [-0.2, -0.15) is 0 Å². The van der Waals surface area contributed by atoms with Gasteiger partial charge in [0.15, 0.2) is 11.6 Å². The standard InChI is InChI=1S/C24H23BrO4/c1-2-3-5-10-22(27)29-21-14-13-20(26)23(21)18-12-11-17(15-19(18)25)24(28)16-8-6-4-7-9-16/h4,6-9,11-12,15H,2-3,5,10,13-14H2,1H3. The van der Waals surface area contributed by atoms with Crippen molar-refractivity contribution in [3.63, 3.8) is 0 Å². The summed E-state index contributed by atoms with van der Waals surface area (Å²) in [6.45, 7) is 2.07. The molecule has 2 aromatic carbocycles. The zero-order chi connectivity index (χ0) is 20.8. The van der Waals surface area contributed by atoms with Crippen LogP contribution in [0.4, 0.5) is 0 Å². The van der Waals surface area contributed by atoms with E-state index in [9.17, 15) is 14.4 Å². The van der Waals surface area contributed by atoms with Crippen LogP contribution in [0.25, 0.3) is 5.57 Å². The average molecular weight is 455 g/mol. The van der Waals surface area contributed by atoms with E-state index in [0.29, 0.717) is 51.8 Å². The third-order valence-electron chi connectivity index (χ3n) is 4.89. The molecule has 2 aromatic rings. The predicted octanol–water partition coefficient (Wildman–Crippen LogP) is 5.88. The Kier molecular flexibility index (Phi) is 7.15.